The first-order valence-electron chi connectivity index (χ1n) is 7.10. The van der Waals surface area contributed by atoms with Crippen LogP contribution in [-0.4, -0.2) is 40.3 Å². The van der Waals surface area contributed by atoms with Crippen LogP contribution in [0.25, 0.3) is 0 Å². The Balaban J connectivity index is 2.20. The number of primary amides is 1. The van der Waals surface area contributed by atoms with Crippen LogP contribution in [0.5, 0.6) is 0 Å². The normalized spacial score (nSPS) is 22.0. The highest BCUT2D eigenvalue weighted by Gasteiger charge is 2.41. The van der Waals surface area contributed by atoms with Crippen LogP contribution in [0.1, 0.15) is 43.1 Å². The van der Waals surface area contributed by atoms with Gasteiger partial charge in [0, 0.05) is 13.1 Å². The molecule has 0 spiro atoms. The first-order valence-corrected chi connectivity index (χ1v) is 7.10. The zero-order valence-electron chi connectivity index (χ0n) is 12.1. The van der Waals surface area contributed by atoms with Gasteiger partial charge in [-0.1, -0.05) is 13.3 Å². The van der Waals surface area contributed by atoms with Crippen molar-refractivity contribution in [3.63, 3.8) is 0 Å². The predicted molar refractivity (Wildman–Crippen MR) is 77.0 cm³/mol. The van der Waals surface area contributed by atoms with Crippen LogP contribution in [0.15, 0.2) is 12.1 Å². The summed E-state index contributed by atoms with van der Waals surface area (Å²) < 4.78 is 0. The number of anilines is 1. The van der Waals surface area contributed by atoms with E-state index in [9.17, 15) is 14.7 Å². The molecule has 3 N–H and O–H groups in total. The summed E-state index contributed by atoms with van der Waals surface area (Å²) in [5.41, 5.74) is 4.51. The Bertz CT molecular complexity index is 528. The smallest absolute Gasteiger partial charge is 0.311 e. The molecule has 0 aromatic carbocycles. The fourth-order valence-corrected chi connectivity index (χ4v) is 2.92. The number of hydrogen-bond donors (Lipinski definition) is 2. The highest BCUT2D eigenvalue weighted by molar-refractivity contribution is 5.90. The van der Waals surface area contributed by atoms with Crippen molar-refractivity contribution in [2.24, 2.45) is 11.1 Å². The molecule has 7 heteroatoms. The maximum Gasteiger partial charge on any atom is 0.311 e. The minimum Gasteiger partial charge on any atom is -0.481 e. The number of rotatable bonds is 5. The van der Waals surface area contributed by atoms with Gasteiger partial charge in [-0.25, -0.2) is 0 Å². The van der Waals surface area contributed by atoms with Crippen LogP contribution in [0, 0.1) is 5.41 Å². The third-order valence-electron chi connectivity index (χ3n) is 3.99. The third kappa shape index (κ3) is 3.12. The number of carbonyl (C=O) groups excluding carboxylic acids is 1. The number of nitrogens with zero attached hydrogens (tertiary/aromatic N) is 3. The van der Waals surface area contributed by atoms with Gasteiger partial charge in [0.25, 0.3) is 5.91 Å². The summed E-state index contributed by atoms with van der Waals surface area (Å²) in [5, 5.41) is 17.3. The zero-order chi connectivity index (χ0) is 15.5. The predicted octanol–water partition coefficient (Wildman–Crippen LogP) is 1.05. The molecule has 0 saturated carbocycles. The van der Waals surface area contributed by atoms with Gasteiger partial charge >= 0.3 is 5.97 Å². The molecule has 1 aromatic rings. The average molecular weight is 292 g/mol. The van der Waals surface area contributed by atoms with Gasteiger partial charge in [-0.15, -0.1) is 10.2 Å². The maximum absolute atomic E-state index is 11.7. The van der Waals surface area contributed by atoms with E-state index in [-0.39, 0.29) is 5.69 Å². The number of aliphatic carboxylic acids is 1. The minimum absolute atomic E-state index is 0.105. The summed E-state index contributed by atoms with van der Waals surface area (Å²) in [7, 11) is 0. The summed E-state index contributed by atoms with van der Waals surface area (Å²) in [4.78, 5) is 24.6. The molecule has 1 aliphatic rings. The lowest BCUT2D eigenvalue weighted by Crippen LogP contribution is -2.48. The van der Waals surface area contributed by atoms with E-state index in [1.807, 2.05) is 11.8 Å². The summed E-state index contributed by atoms with van der Waals surface area (Å²) in [6.45, 7) is 3.15. The van der Waals surface area contributed by atoms with E-state index in [4.69, 9.17) is 5.73 Å². The Morgan fingerprint density at radius 1 is 1.43 bits per heavy atom. The Kier molecular flexibility index (Phi) is 4.40. The van der Waals surface area contributed by atoms with Crippen LogP contribution < -0.4 is 10.6 Å². The number of nitrogens with two attached hydrogens (primary N) is 1. The minimum atomic E-state index is -0.754. The molecular weight excluding hydrogens is 272 g/mol. The van der Waals surface area contributed by atoms with E-state index in [0.717, 1.165) is 19.4 Å². The summed E-state index contributed by atoms with van der Waals surface area (Å²) in [6.07, 6.45) is 2.95. The summed E-state index contributed by atoms with van der Waals surface area (Å²) >= 11 is 0. The van der Waals surface area contributed by atoms with E-state index in [0.29, 0.717) is 25.2 Å². The molecule has 0 aliphatic carbocycles. The molecule has 21 heavy (non-hydrogen) atoms. The lowest BCUT2D eigenvalue weighted by molar-refractivity contribution is -0.150. The van der Waals surface area contributed by atoms with E-state index < -0.39 is 17.3 Å². The molecule has 1 saturated heterocycles. The van der Waals surface area contributed by atoms with Crippen molar-refractivity contribution < 1.29 is 14.7 Å². The topological polar surface area (TPSA) is 109 Å². The van der Waals surface area contributed by atoms with Crippen molar-refractivity contribution in [3.05, 3.63) is 17.8 Å². The number of carboxylic acid groups (broad SMARTS) is 1. The maximum atomic E-state index is 11.7. The van der Waals surface area contributed by atoms with Gasteiger partial charge in [-0.3, -0.25) is 9.59 Å². The zero-order valence-corrected chi connectivity index (χ0v) is 12.1. The molecular formula is C14H20N4O3. The molecule has 2 heterocycles. The average Bonchev–Trinajstić information content (AvgIpc) is 2.48. The van der Waals surface area contributed by atoms with Crippen LogP contribution in [0.4, 0.5) is 5.82 Å². The number of carbonyl (C=O) groups is 2. The van der Waals surface area contributed by atoms with Crippen LogP contribution in [0.3, 0.4) is 0 Å². The summed E-state index contributed by atoms with van der Waals surface area (Å²) in [6, 6.07) is 3.18. The van der Waals surface area contributed by atoms with Crippen molar-refractivity contribution >= 4 is 17.7 Å². The first kappa shape index (κ1) is 15.2. The van der Waals surface area contributed by atoms with Crippen molar-refractivity contribution in [2.75, 3.05) is 18.0 Å². The Hall–Kier alpha value is -2.18. The molecule has 7 nitrogen and oxygen atoms in total. The fourth-order valence-electron chi connectivity index (χ4n) is 2.92. The second kappa shape index (κ2) is 6.07. The lowest BCUT2D eigenvalue weighted by atomic mass is 9.76. The van der Waals surface area contributed by atoms with Gasteiger partial charge < -0.3 is 15.7 Å². The summed E-state index contributed by atoms with van der Waals surface area (Å²) in [5.74, 6) is -0.796. The monoisotopic (exact) mass is 292 g/mol. The SMILES string of the molecule is CCCC1(C(=O)O)CCCN(c2ccc(C(N)=O)nn2)C1. The van der Waals surface area contributed by atoms with Crippen molar-refractivity contribution in [1.82, 2.24) is 10.2 Å². The Labute approximate surface area is 123 Å². The molecule has 1 fully saturated rings. The highest BCUT2D eigenvalue weighted by Crippen LogP contribution is 2.36. The van der Waals surface area contributed by atoms with Crippen molar-refractivity contribution in [3.8, 4) is 0 Å². The second-order valence-electron chi connectivity index (χ2n) is 5.50. The number of amides is 1. The largest absolute Gasteiger partial charge is 0.481 e. The van der Waals surface area contributed by atoms with E-state index in [2.05, 4.69) is 10.2 Å². The molecule has 1 atom stereocenters. The lowest BCUT2D eigenvalue weighted by Gasteiger charge is -2.40. The van der Waals surface area contributed by atoms with Crippen LogP contribution in [-0.2, 0) is 4.79 Å². The van der Waals surface area contributed by atoms with E-state index in [1.165, 1.54) is 6.07 Å². The number of aromatic nitrogens is 2. The van der Waals surface area contributed by atoms with Gasteiger partial charge in [0.15, 0.2) is 11.5 Å². The standard InChI is InChI=1S/C14H20N4O3/c1-2-6-14(13(20)21)7-3-8-18(9-14)11-5-4-10(12(15)19)16-17-11/h4-5H,2-3,6-9H2,1H3,(H2,15,19)(H,20,21). The van der Waals surface area contributed by atoms with Crippen molar-refractivity contribution in [1.29, 1.82) is 0 Å². The van der Waals surface area contributed by atoms with Gasteiger partial charge in [0.05, 0.1) is 5.41 Å². The van der Waals surface area contributed by atoms with Gasteiger partial charge in [0.1, 0.15) is 0 Å². The molecule has 1 aliphatic heterocycles. The first-order chi connectivity index (χ1) is 9.98. The van der Waals surface area contributed by atoms with Crippen molar-refractivity contribution in [2.45, 2.75) is 32.6 Å². The number of piperidine rings is 1. The quantitative estimate of drug-likeness (QED) is 0.839. The van der Waals surface area contributed by atoms with Gasteiger partial charge in [0.2, 0.25) is 0 Å². The molecule has 1 aromatic heterocycles. The third-order valence-corrected chi connectivity index (χ3v) is 3.99. The molecule has 114 valence electrons. The fraction of sp³-hybridized carbons (Fsp3) is 0.571. The highest BCUT2D eigenvalue weighted by atomic mass is 16.4. The van der Waals surface area contributed by atoms with E-state index in [1.54, 1.807) is 6.07 Å². The number of hydrogen-bond acceptors (Lipinski definition) is 5. The molecule has 0 bridgehead atoms. The Morgan fingerprint density at radius 2 is 2.19 bits per heavy atom. The molecule has 1 unspecified atom stereocenters. The molecule has 1 amide bonds. The van der Waals surface area contributed by atoms with Crippen LogP contribution in [0.2, 0.25) is 0 Å². The molecule has 2 rings (SSSR count). The van der Waals surface area contributed by atoms with Gasteiger partial charge in [-0.2, -0.15) is 0 Å². The Morgan fingerprint density at radius 3 is 2.71 bits per heavy atom. The van der Waals surface area contributed by atoms with Gasteiger partial charge in [-0.05, 0) is 31.4 Å². The number of carboxylic acids is 1. The second-order valence-corrected chi connectivity index (χ2v) is 5.50. The molecule has 0 radical (unpaired) electrons. The van der Waals surface area contributed by atoms with E-state index >= 15 is 0 Å². The van der Waals surface area contributed by atoms with Crippen LogP contribution >= 0.6 is 0 Å².